The van der Waals surface area contributed by atoms with Gasteiger partial charge in [-0.1, -0.05) is 24.3 Å². The Labute approximate surface area is 221 Å². The van der Waals surface area contributed by atoms with Gasteiger partial charge in [-0.2, -0.15) is 5.10 Å². The number of rotatable bonds is 7. The third-order valence-corrected chi connectivity index (χ3v) is 5.16. The van der Waals surface area contributed by atoms with Crippen molar-refractivity contribution in [3.63, 3.8) is 0 Å². The Balaban J connectivity index is 0.00000342. The second kappa shape index (κ2) is 11.3. The minimum absolute atomic E-state index is 0. The number of fused-ring (bicyclic) bond motifs is 1. The van der Waals surface area contributed by atoms with Gasteiger partial charge in [0, 0.05) is 5.56 Å². The molecular weight excluding hydrogens is 489 g/mol. The fourth-order valence-electron chi connectivity index (χ4n) is 2.86. The Morgan fingerprint density at radius 2 is 1.74 bits per heavy atom. The quantitative estimate of drug-likeness (QED) is 0.134. The summed E-state index contributed by atoms with van der Waals surface area (Å²) in [7, 11) is -4.76. The van der Waals surface area contributed by atoms with Gasteiger partial charge in [-0.05, 0) is 48.0 Å². The van der Waals surface area contributed by atoms with Crippen LogP contribution in [0.25, 0.3) is 6.08 Å². The number of hydrazone groups is 1. The fraction of sp³-hybridized carbons (Fsp3) is 0.0455. The van der Waals surface area contributed by atoms with Crippen molar-refractivity contribution in [3.05, 3.63) is 83.2 Å². The van der Waals surface area contributed by atoms with E-state index >= 15 is 0 Å². The fourth-order valence-corrected chi connectivity index (χ4v) is 3.30. The minimum atomic E-state index is -4.76. The summed E-state index contributed by atoms with van der Waals surface area (Å²) in [5.74, 6) is -0.337. The van der Waals surface area contributed by atoms with E-state index in [2.05, 4.69) is 15.8 Å². The van der Waals surface area contributed by atoms with Crippen molar-refractivity contribution in [2.45, 2.75) is 5.09 Å². The van der Waals surface area contributed by atoms with Gasteiger partial charge in [0.2, 0.25) is 11.9 Å². The van der Waals surface area contributed by atoms with Crippen LogP contribution in [0, 0.1) is 0 Å². The molecule has 0 atom stereocenters. The maximum atomic E-state index is 12.8. The molecule has 0 radical (unpaired) electrons. The number of ether oxygens (including phenoxy) is 2. The van der Waals surface area contributed by atoms with Crippen LogP contribution in [-0.4, -0.2) is 37.8 Å². The van der Waals surface area contributed by atoms with E-state index in [1.54, 1.807) is 48.5 Å². The summed E-state index contributed by atoms with van der Waals surface area (Å²) in [6.07, 6.45) is 2.42. The maximum absolute atomic E-state index is 12.8. The minimum Gasteiger partial charge on any atom is -0.742 e. The average molecular weight is 505 g/mol. The Morgan fingerprint density at radius 1 is 1.00 bits per heavy atom. The van der Waals surface area contributed by atoms with Crippen LogP contribution in [0.4, 0.5) is 0 Å². The molecule has 1 aliphatic heterocycles. The summed E-state index contributed by atoms with van der Waals surface area (Å²) in [4.78, 5) is 25.4. The van der Waals surface area contributed by atoms with E-state index in [1.165, 1.54) is 12.1 Å². The summed E-state index contributed by atoms with van der Waals surface area (Å²) >= 11 is 0. The van der Waals surface area contributed by atoms with Crippen molar-refractivity contribution in [3.8, 4) is 11.5 Å². The molecule has 2 N–H and O–H groups in total. The largest absolute Gasteiger partial charge is 1.00 e. The summed E-state index contributed by atoms with van der Waals surface area (Å²) in [5, 5.41) is 5.45. The molecule has 0 saturated heterocycles. The van der Waals surface area contributed by atoms with E-state index in [4.69, 9.17) is 13.9 Å². The van der Waals surface area contributed by atoms with Gasteiger partial charge in [0.15, 0.2) is 21.6 Å². The second-order valence-electron chi connectivity index (χ2n) is 6.80. The molecule has 0 spiro atoms. The number of furan rings is 1. The molecule has 1 aliphatic rings. The first-order valence-corrected chi connectivity index (χ1v) is 11.1. The molecule has 0 unspecified atom stereocenters. The monoisotopic (exact) mass is 505 g/mol. The molecule has 4 rings (SSSR count). The number of hydrogen-bond donors (Lipinski definition) is 2. The Kier molecular flexibility index (Phi) is 8.48. The van der Waals surface area contributed by atoms with Crippen molar-refractivity contribution in [2.75, 3.05) is 6.79 Å². The molecule has 2 amide bonds. The van der Waals surface area contributed by atoms with Crippen molar-refractivity contribution >= 4 is 34.2 Å². The first kappa shape index (κ1) is 26.2. The molecule has 0 bridgehead atoms. The SMILES string of the molecule is O=C(NN=Cc1ccc(S(=O)(=O)[O-])o1)C(=Cc1ccc2c(c1)OCO2)NC(=O)c1ccccc1.[Na+]. The molecule has 0 saturated carbocycles. The number of carbonyl (C=O) groups excluding carboxylic acids is 2. The number of amides is 2. The zero-order valence-corrected chi connectivity index (χ0v) is 21.1. The molecule has 1 aromatic heterocycles. The summed E-state index contributed by atoms with van der Waals surface area (Å²) in [5.41, 5.74) is 2.96. The van der Waals surface area contributed by atoms with Crippen LogP contribution in [0.5, 0.6) is 11.5 Å². The zero-order valence-electron chi connectivity index (χ0n) is 18.3. The number of nitrogens with one attached hydrogen (secondary N) is 2. The Morgan fingerprint density at radius 3 is 2.46 bits per heavy atom. The van der Waals surface area contributed by atoms with E-state index < -0.39 is 27.0 Å². The van der Waals surface area contributed by atoms with E-state index in [0.29, 0.717) is 22.6 Å². The Hall–Kier alpha value is -3.42. The van der Waals surface area contributed by atoms with Gasteiger partial charge in [-0.3, -0.25) is 9.59 Å². The van der Waals surface area contributed by atoms with Crippen LogP contribution in [0.2, 0.25) is 0 Å². The van der Waals surface area contributed by atoms with Gasteiger partial charge in [-0.25, -0.2) is 13.8 Å². The number of hydrogen-bond acceptors (Lipinski definition) is 9. The van der Waals surface area contributed by atoms with Crippen molar-refractivity contribution in [1.82, 2.24) is 10.7 Å². The smallest absolute Gasteiger partial charge is 0.742 e. The topological polar surface area (TPSA) is 159 Å². The number of benzene rings is 2. The van der Waals surface area contributed by atoms with E-state index in [1.807, 2.05) is 0 Å². The number of nitrogens with zero attached hydrogens (tertiary/aromatic N) is 1. The van der Waals surface area contributed by atoms with Gasteiger partial charge in [-0.15, -0.1) is 0 Å². The molecule has 174 valence electrons. The first-order chi connectivity index (χ1) is 16.3. The third kappa shape index (κ3) is 6.81. The predicted molar refractivity (Wildman–Crippen MR) is 117 cm³/mol. The van der Waals surface area contributed by atoms with Crippen LogP contribution < -0.4 is 49.8 Å². The molecule has 2 aromatic carbocycles. The van der Waals surface area contributed by atoms with Crippen molar-refractivity contribution < 1.29 is 66.0 Å². The number of carbonyl (C=O) groups is 2. The molecule has 11 nitrogen and oxygen atoms in total. The van der Waals surface area contributed by atoms with Gasteiger partial charge in [0.05, 0.1) is 6.21 Å². The van der Waals surface area contributed by atoms with Gasteiger partial charge >= 0.3 is 29.6 Å². The van der Waals surface area contributed by atoms with Crippen LogP contribution in [-0.2, 0) is 14.9 Å². The summed E-state index contributed by atoms with van der Waals surface area (Å²) in [6.45, 7) is 0.0808. The molecule has 0 aliphatic carbocycles. The van der Waals surface area contributed by atoms with Crippen LogP contribution in [0.15, 0.2) is 81.0 Å². The third-order valence-electron chi connectivity index (χ3n) is 4.44. The van der Waals surface area contributed by atoms with Gasteiger partial charge < -0.3 is 23.8 Å². The maximum Gasteiger partial charge on any atom is 1.00 e. The Bertz CT molecular complexity index is 1400. The standard InChI is InChI=1S/C22H17N3O8S.Na/c26-21(15-4-2-1-3-5-15)24-17(10-14-6-8-18-19(11-14)32-13-31-18)22(27)25-23-12-16-7-9-20(33-16)34(28,29)30;/h1-12H,13H2,(H,24,26)(H,25,27)(H,28,29,30);/q;+1/p-1. The molecule has 13 heteroatoms. The van der Waals surface area contributed by atoms with E-state index in [9.17, 15) is 22.6 Å². The van der Waals surface area contributed by atoms with E-state index in [0.717, 1.165) is 12.3 Å². The van der Waals surface area contributed by atoms with Crippen molar-refractivity contribution in [1.29, 1.82) is 0 Å². The molecule has 2 heterocycles. The van der Waals surface area contributed by atoms with Crippen molar-refractivity contribution in [2.24, 2.45) is 5.10 Å². The van der Waals surface area contributed by atoms with Crippen LogP contribution >= 0.6 is 0 Å². The summed E-state index contributed by atoms with van der Waals surface area (Å²) < 4.78 is 48.3. The molecule has 3 aromatic rings. The first-order valence-electron chi connectivity index (χ1n) is 9.66. The van der Waals surface area contributed by atoms with Crippen LogP contribution in [0.1, 0.15) is 21.7 Å². The molecule has 0 fully saturated rings. The predicted octanol–water partition coefficient (Wildman–Crippen LogP) is -1.16. The van der Waals surface area contributed by atoms with Gasteiger partial charge in [0.1, 0.15) is 11.5 Å². The van der Waals surface area contributed by atoms with E-state index in [-0.39, 0.29) is 47.8 Å². The zero-order chi connectivity index (χ0) is 24.1. The normalized spacial score (nSPS) is 12.8. The molecule has 35 heavy (non-hydrogen) atoms. The van der Waals surface area contributed by atoms with Crippen LogP contribution in [0.3, 0.4) is 0 Å². The van der Waals surface area contributed by atoms with Gasteiger partial charge in [0.25, 0.3) is 11.8 Å². The second-order valence-corrected chi connectivity index (χ2v) is 8.11. The average Bonchev–Trinajstić information content (AvgIpc) is 3.48. The summed E-state index contributed by atoms with van der Waals surface area (Å²) in [6, 6.07) is 15.4. The molecular formula is C22H16N3NaO8S.